The fraction of sp³-hybridized carbons (Fsp3) is 0.364. The van der Waals surface area contributed by atoms with Crippen molar-refractivity contribution in [3.8, 4) is 5.75 Å². The van der Waals surface area contributed by atoms with Crippen LogP contribution in [0, 0.1) is 13.8 Å². The second kappa shape index (κ2) is 4.64. The van der Waals surface area contributed by atoms with Crippen LogP contribution in [-0.4, -0.2) is 17.4 Å². The quantitative estimate of drug-likeness (QED) is 0.779. The Morgan fingerprint density at radius 3 is 2.67 bits per heavy atom. The van der Waals surface area contributed by atoms with Crippen molar-refractivity contribution in [1.82, 2.24) is 0 Å². The van der Waals surface area contributed by atoms with Crippen molar-refractivity contribution in [1.29, 1.82) is 0 Å². The van der Waals surface area contributed by atoms with Crippen LogP contribution in [0.2, 0.25) is 5.02 Å². The van der Waals surface area contributed by atoms with E-state index in [1.54, 1.807) is 19.9 Å². The molecule has 0 saturated carbocycles. The number of aromatic hydroxyl groups is 1. The second-order valence-electron chi connectivity index (χ2n) is 3.49. The van der Waals surface area contributed by atoms with Gasteiger partial charge in [-0.15, -0.1) is 0 Å². The van der Waals surface area contributed by atoms with Crippen molar-refractivity contribution in [2.45, 2.75) is 20.3 Å². The highest BCUT2D eigenvalue weighted by Gasteiger charge is 2.17. The zero-order chi connectivity index (χ0) is 11.6. The van der Waals surface area contributed by atoms with Crippen LogP contribution in [0.1, 0.15) is 27.9 Å². The number of hydrogen-bond acceptors (Lipinski definition) is 3. The molecule has 1 aromatic carbocycles. The molecule has 15 heavy (non-hydrogen) atoms. The number of rotatable bonds is 3. The number of benzene rings is 1. The third-order valence-electron chi connectivity index (χ3n) is 2.34. The van der Waals surface area contributed by atoms with Crippen LogP contribution in [0.25, 0.3) is 0 Å². The number of phenols is 1. The van der Waals surface area contributed by atoms with Gasteiger partial charge >= 0.3 is 0 Å². The molecule has 0 amide bonds. The summed E-state index contributed by atoms with van der Waals surface area (Å²) in [6, 6.07) is 1.64. The molecular formula is C11H14ClNO2. The lowest BCUT2D eigenvalue weighted by molar-refractivity contribution is 0.0982. The van der Waals surface area contributed by atoms with Gasteiger partial charge < -0.3 is 10.8 Å². The summed E-state index contributed by atoms with van der Waals surface area (Å²) in [6.45, 7) is 3.69. The van der Waals surface area contributed by atoms with Crippen molar-refractivity contribution in [3.05, 3.63) is 27.8 Å². The van der Waals surface area contributed by atoms with Crippen molar-refractivity contribution in [2.75, 3.05) is 6.54 Å². The van der Waals surface area contributed by atoms with Crippen molar-refractivity contribution < 1.29 is 9.90 Å². The molecule has 0 aliphatic carbocycles. The van der Waals surface area contributed by atoms with E-state index in [0.29, 0.717) is 21.7 Å². The van der Waals surface area contributed by atoms with E-state index in [1.807, 2.05) is 0 Å². The molecule has 0 spiro atoms. The topological polar surface area (TPSA) is 63.3 Å². The summed E-state index contributed by atoms with van der Waals surface area (Å²) in [5.74, 6) is -0.159. The van der Waals surface area contributed by atoms with Gasteiger partial charge in [-0.1, -0.05) is 11.6 Å². The number of nitrogens with two attached hydrogens (primary N) is 1. The van der Waals surface area contributed by atoms with Crippen molar-refractivity contribution in [3.63, 3.8) is 0 Å². The molecule has 0 unspecified atom stereocenters. The lowest BCUT2D eigenvalue weighted by Gasteiger charge is -2.11. The molecule has 4 heteroatoms. The van der Waals surface area contributed by atoms with E-state index in [9.17, 15) is 9.90 Å². The van der Waals surface area contributed by atoms with E-state index in [-0.39, 0.29) is 24.5 Å². The van der Waals surface area contributed by atoms with Crippen LogP contribution >= 0.6 is 11.6 Å². The lowest BCUT2D eigenvalue weighted by atomic mass is 9.98. The largest absolute Gasteiger partial charge is 0.507 e. The first-order valence-corrected chi connectivity index (χ1v) is 5.08. The van der Waals surface area contributed by atoms with Gasteiger partial charge in [0, 0.05) is 11.4 Å². The molecule has 0 radical (unpaired) electrons. The highest BCUT2D eigenvalue weighted by atomic mass is 35.5. The Balaban J connectivity index is 3.32. The van der Waals surface area contributed by atoms with Crippen LogP contribution in [-0.2, 0) is 0 Å². The van der Waals surface area contributed by atoms with E-state index < -0.39 is 0 Å². The molecule has 0 aliphatic heterocycles. The van der Waals surface area contributed by atoms with E-state index in [0.717, 1.165) is 0 Å². The second-order valence-corrected chi connectivity index (χ2v) is 3.89. The first-order chi connectivity index (χ1) is 6.99. The molecule has 0 atom stereocenters. The molecule has 0 saturated heterocycles. The highest BCUT2D eigenvalue weighted by Crippen LogP contribution is 2.31. The fourth-order valence-electron chi connectivity index (χ4n) is 1.46. The summed E-state index contributed by atoms with van der Waals surface area (Å²) in [5, 5.41) is 10.3. The zero-order valence-electron chi connectivity index (χ0n) is 8.80. The van der Waals surface area contributed by atoms with Crippen LogP contribution in [0.4, 0.5) is 0 Å². The molecule has 3 nitrogen and oxygen atoms in total. The van der Waals surface area contributed by atoms with Crippen LogP contribution in [0.3, 0.4) is 0 Å². The van der Waals surface area contributed by atoms with Crippen molar-refractivity contribution >= 4 is 17.4 Å². The van der Waals surface area contributed by atoms with Crippen LogP contribution in [0.5, 0.6) is 5.75 Å². The molecule has 1 aromatic rings. The third-order valence-corrected chi connectivity index (χ3v) is 2.73. The number of phenolic OH excluding ortho intramolecular Hbond substituents is 1. The van der Waals surface area contributed by atoms with E-state index in [4.69, 9.17) is 17.3 Å². The average Bonchev–Trinajstić information content (AvgIpc) is 2.16. The molecule has 82 valence electrons. The van der Waals surface area contributed by atoms with E-state index in [1.165, 1.54) is 0 Å². The number of halogens is 1. The summed E-state index contributed by atoms with van der Waals surface area (Å²) in [6.07, 6.45) is 0.216. The number of Topliss-reactive ketones (excluding diaryl/α,β-unsaturated/α-hetero) is 1. The smallest absolute Gasteiger partial charge is 0.168 e. The monoisotopic (exact) mass is 227 g/mol. The van der Waals surface area contributed by atoms with Crippen molar-refractivity contribution in [2.24, 2.45) is 5.73 Å². The molecule has 0 fully saturated rings. The van der Waals surface area contributed by atoms with Crippen LogP contribution < -0.4 is 5.73 Å². The number of aryl methyl sites for hydroxylation is 1. The Kier molecular flexibility index (Phi) is 3.72. The summed E-state index contributed by atoms with van der Waals surface area (Å²) in [4.78, 5) is 11.7. The van der Waals surface area contributed by atoms with Gasteiger partial charge in [0.25, 0.3) is 0 Å². The average molecular weight is 228 g/mol. The van der Waals surface area contributed by atoms with Gasteiger partial charge in [-0.25, -0.2) is 0 Å². The minimum absolute atomic E-state index is 0.00958. The Labute approximate surface area is 93.9 Å². The fourth-order valence-corrected chi connectivity index (χ4v) is 1.72. The van der Waals surface area contributed by atoms with E-state index in [2.05, 4.69) is 0 Å². The number of carbonyl (C=O) groups is 1. The third kappa shape index (κ3) is 2.30. The first kappa shape index (κ1) is 12.0. The Hall–Kier alpha value is -1.06. The van der Waals surface area contributed by atoms with Gasteiger partial charge in [-0.3, -0.25) is 4.79 Å². The van der Waals surface area contributed by atoms with E-state index >= 15 is 0 Å². The standard InChI is InChI=1S/C11H14ClNO2/c1-6-5-8(12)7(2)10(11(6)15)9(14)3-4-13/h5,15H,3-4,13H2,1-2H3. The van der Waals surface area contributed by atoms with Gasteiger partial charge in [0.05, 0.1) is 5.56 Å². The summed E-state index contributed by atoms with van der Waals surface area (Å²) >= 11 is 5.94. The maximum atomic E-state index is 11.7. The predicted molar refractivity (Wildman–Crippen MR) is 60.6 cm³/mol. The van der Waals surface area contributed by atoms with Gasteiger partial charge in [-0.05, 0) is 37.6 Å². The number of carbonyl (C=O) groups excluding carboxylic acids is 1. The molecule has 0 heterocycles. The lowest BCUT2D eigenvalue weighted by Crippen LogP contribution is -2.10. The SMILES string of the molecule is Cc1cc(Cl)c(C)c(C(=O)CCN)c1O. The van der Waals surface area contributed by atoms with Crippen LogP contribution in [0.15, 0.2) is 6.07 Å². The minimum Gasteiger partial charge on any atom is -0.507 e. The van der Waals surface area contributed by atoms with Gasteiger partial charge in [0.15, 0.2) is 5.78 Å². The molecule has 3 N–H and O–H groups in total. The molecule has 0 bridgehead atoms. The summed E-state index contributed by atoms with van der Waals surface area (Å²) in [7, 11) is 0. The summed E-state index contributed by atoms with van der Waals surface area (Å²) in [5.41, 5.74) is 6.82. The maximum absolute atomic E-state index is 11.7. The molecular weight excluding hydrogens is 214 g/mol. The molecule has 1 rings (SSSR count). The van der Waals surface area contributed by atoms with Gasteiger partial charge in [0.1, 0.15) is 5.75 Å². The maximum Gasteiger partial charge on any atom is 0.168 e. The Morgan fingerprint density at radius 1 is 1.53 bits per heavy atom. The minimum atomic E-state index is -0.168. The van der Waals surface area contributed by atoms with Gasteiger partial charge in [0.2, 0.25) is 0 Å². The Morgan fingerprint density at radius 2 is 2.13 bits per heavy atom. The molecule has 0 aliphatic rings. The Bertz CT molecular complexity index is 376. The number of hydrogen-bond donors (Lipinski definition) is 2. The predicted octanol–water partition coefficient (Wildman–Crippen LogP) is 2.19. The zero-order valence-corrected chi connectivity index (χ0v) is 9.56. The highest BCUT2D eigenvalue weighted by molar-refractivity contribution is 6.32. The van der Waals surface area contributed by atoms with Gasteiger partial charge in [-0.2, -0.15) is 0 Å². The molecule has 0 aromatic heterocycles. The first-order valence-electron chi connectivity index (χ1n) is 4.71. The number of ketones is 1. The normalized spacial score (nSPS) is 10.4. The summed E-state index contributed by atoms with van der Waals surface area (Å²) < 4.78 is 0.